The predicted octanol–water partition coefficient (Wildman–Crippen LogP) is 2.83. The summed E-state index contributed by atoms with van der Waals surface area (Å²) in [6, 6.07) is 3.77. The van der Waals surface area contributed by atoms with E-state index in [1.807, 2.05) is 12.1 Å². The maximum absolute atomic E-state index is 13.2. The second-order valence-electron chi connectivity index (χ2n) is 7.90. The van der Waals surface area contributed by atoms with Gasteiger partial charge in [0.15, 0.2) is 0 Å². The van der Waals surface area contributed by atoms with Gasteiger partial charge in [0.05, 0.1) is 0 Å². The number of alkyl carbamates (subject to hydrolysis) is 1. The van der Waals surface area contributed by atoms with E-state index in [1.165, 1.54) is 0 Å². The average molecular weight is 380 g/mol. The zero-order valence-corrected chi connectivity index (χ0v) is 16.9. The summed E-state index contributed by atoms with van der Waals surface area (Å²) in [6.45, 7) is 8.53. The fraction of sp³-hybridized carbons (Fsp3) is 0.632. The highest BCUT2D eigenvalue weighted by molar-refractivity contribution is 7.81. The number of thiol groups is 1. The van der Waals surface area contributed by atoms with E-state index in [9.17, 15) is 9.59 Å². The Hall–Kier alpha value is -1.76. The van der Waals surface area contributed by atoms with Crippen molar-refractivity contribution in [3.05, 3.63) is 30.1 Å². The van der Waals surface area contributed by atoms with E-state index in [-0.39, 0.29) is 5.91 Å². The smallest absolute Gasteiger partial charge is 0.408 e. The molecular formula is C19H29N3O3S. The minimum Gasteiger partial charge on any atom is -0.444 e. The minimum absolute atomic E-state index is 0.116. The lowest BCUT2D eigenvalue weighted by molar-refractivity contribution is -0.136. The van der Waals surface area contributed by atoms with Crippen LogP contribution >= 0.6 is 12.6 Å². The fourth-order valence-electron chi connectivity index (χ4n) is 2.99. The number of hydrogen-bond donors (Lipinski definition) is 2. The summed E-state index contributed by atoms with van der Waals surface area (Å²) < 4.78 is 5.38. The number of amides is 2. The van der Waals surface area contributed by atoms with E-state index in [2.05, 4.69) is 10.3 Å². The SMILES string of the molecule is CC(C)(C)OC(=O)NC(C)(C(=O)N1CCCC1)C(S)Cc1ccncc1. The topological polar surface area (TPSA) is 71.5 Å². The number of pyridine rings is 1. The maximum Gasteiger partial charge on any atom is 0.408 e. The summed E-state index contributed by atoms with van der Waals surface area (Å²) in [4.78, 5) is 31.4. The van der Waals surface area contributed by atoms with E-state index >= 15 is 0 Å². The molecule has 6 nitrogen and oxygen atoms in total. The number of carbonyl (C=O) groups is 2. The van der Waals surface area contributed by atoms with Gasteiger partial charge in [-0.15, -0.1) is 0 Å². The van der Waals surface area contributed by atoms with Crippen LogP contribution in [0.3, 0.4) is 0 Å². The summed E-state index contributed by atoms with van der Waals surface area (Å²) >= 11 is 4.70. The van der Waals surface area contributed by atoms with Crippen molar-refractivity contribution >= 4 is 24.6 Å². The fourth-order valence-corrected chi connectivity index (χ4v) is 3.38. The first kappa shape index (κ1) is 20.6. The van der Waals surface area contributed by atoms with Crippen LogP contribution in [0.4, 0.5) is 4.79 Å². The molecule has 1 aliphatic rings. The molecule has 1 aromatic rings. The molecule has 144 valence electrons. The second kappa shape index (κ2) is 8.29. The summed E-state index contributed by atoms with van der Waals surface area (Å²) in [5, 5.41) is 2.39. The van der Waals surface area contributed by atoms with Gasteiger partial charge in [-0.3, -0.25) is 9.78 Å². The van der Waals surface area contributed by atoms with Gasteiger partial charge in [-0.25, -0.2) is 4.79 Å². The van der Waals surface area contributed by atoms with Crippen molar-refractivity contribution in [3.63, 3.8) is 0 Å². The zero-order chi connectivity index (χ0) is 19.4. The average Bonchev–Trinajstić information content (AvgIpc) is 3.07. The van der Waals surface area contributed by atoms with Gasteiger partial charge in [0, 0.05) is 30.7 Å². The molecule has 0 spiro atoms. The molecule has 2 rings (SSSR count). The third-order valence-electron chi connectivity index (χ3n) is 4.44. The quantitative estimate of drug-likeness (QED) is 0.772. The third-order valence-corrected chi connectivity index (χ3v) is 5.14. The molecule has 2 unspecified atom stereocenters. The Morgan fingerprint density at radius 1 is 1.23 bits per heavy atom. The molecule has 2 amide bonds. The standard InChI is InChI=1S/C19H29N3O3S/c1-18(2,3)25-17(24)21-19(4,16(23)22-11-5-6-12-22)15(26)13-14-7-9-20-10-8-14/h7-10,15,26H,5-6,11-13H2,1-4H3,(H,21,24). The van der Waals surface area contributed by atoms with Gasteiger partial charge in [-0.05, 0) is 64.7 Å². The normalized spacial score (nSPS) is 18.1. The van der Waals surface area contributed by atoms with Crippen LogP contribution in [-0.4, -0.2) is 51.4 Å². The van der Waals surface area contributed by atoms with Gasteiger partial charge in [-0.2, -0.15) is 12.6 Å². The largest absolute Gasteiger partial charge is 0.444 e. The summed E-state index contributed by atoms with van der Waals surface area (Å²) in [7, 11) is 0. The second-order valence-corrected chi connectivity index (χ2v) is 8.53. The Morgan fingerprint density at radius 2 is 1.81 bits per heavy atom. The Morgan fingerprint density at radius 3 is 2.35 bits per heavy atom. The summed E-state index contributed by atoms with van der Waals surface area (Å²) in [5.41, 5.74) is -0.802. The van der Waals surface area contributed by atoms with Gasteiger partial charge in [0.2, 0.25) is 5.91 Å². The van der Waals surface area contributed by atoms with Crippen LogP contribution in [-0.2, 0) is 16.0 Å². The molecule has 2 atom stereocenters. The van der Waals surface area contributed by atoms with E-state index < -0.39 is 22.5 Å². The van der Waals surface area contributed by atoms with E-state index in [4.69, 9.17) is 17.4 Å². The zero-order valence-electron chi connectivity index (χ0n) is 16.0. The van der Waals surface area contributed by atoms with Crippen molar-refractivity contribution in [3.8, 4) is 0 Å². The van der Waals surface area contributed by atoms with Crippen LogP contribution < -0.4 is 5.32 Å². The van der Waals surface area contributed by atoms with Gasteiger partial charge in [0.1, 0.15) is 11.1 Å². The molecule has 1 aliphatic heterocycles. The molecule has 1 N–H and O–H groups in total. The number of rotatable bonds is 5. The highest BCUT2D eigenvalue weighted by Gasteiger charge is 2.45. The molecule has 0 aliphatic carbocycles. The van der Waals surface area contributed by atoms with Crippen molar-refractivity contribution in [1.29, 1.82) is 0 Å². The number of likely N-dealkylation sites (tertiary alicyclic amines) is 1. The number of carbonyl (C=O) groups excluding carboxylic acids is 2. The number of ether oxygens (including phenoxy) is 1. The number of hydrogen-bond acceptors (Lipinski definition) is 5. The van der Waals surface area contributed by atoms with Crippen LogP contribution in [0.5, 0.6) is 0 Å². The maximum atomic E-state index is 13.2. The first-order valence-electron chi connectivity index (χ1n) is 8.99. The van der Waals surface area contributed by atoms with Crippen LogP contribution in [0.25, 0.3) is 0 Å². The molecular weight excluding hydrogens is 350 g/mol. The van der Waals surface area contributed by atoms with Gasteiger partial charge >= 0.3 is 6.09 Å². The number of nitrogens with one attached hydrogen (secondary N) is 1. The van der Waals surface area contributed by atoms with Crippen molar-refractivity contribution in [2.45, 2.75) is 63.3 Å². The van der Waals surface area contributed by atoms with E-state index in [0.29, 0.717) is 19.5 Å². The lowest BCUT2D eigenvalue weighted by Gasteiger charge is -2.38. The Bertz CT molecular complexity index is 627. The van der Waals surface area contributed by atoms with E-state index in [1.54, 1.807) is 45.0 Å². The highest BCUT2D eigenvalue weighted by Crippen LogP contribution is 2.25. The minimum atomic E-state index is -1.17. The summed E-state index contributed by atoms with van der Waals surface area (Å²) in [6.07, 6.45) is 5.29. The molecule has 1 saturated heterocycles. The van der Waals surface area contributed by atoms with Gasteiger partial charge < -0.3 is 15.0 Å². The Kier molecular flexibility index (Phi) is 6.55. The predicted molar refractivity (Wildman–Crippen MR) is 104 cm³/mol. The van der Waals surface area contributed by atoms with Crippen LogP contribution in [0.15, 0.2) is 24.5 Å². The van der Waals surface area contributed by atoms with Gasteiger partial charge in [0.25, 0.3) is 0 Å². The van der Waals surface area contributed by atoms with Crippen LogP contribution in [0.2, 0.25) is 0 Å². The number of aromatic nitrogens is 1. The molecule has 0 radical (unpaired) electrons. The molecule has 1 aromatic heterocycles. The van der Waals surface area contributed by atoms with Crippen molar-refractivity contribution in [1.82, 2.24) is 15.2 Å². The monoisotopic (exact) mass is 379 g/mol. The molecule has 0 bridgehead atoms. The van der Waals surface area contributed by atoms with E-state index in [0.717, 1.165) is 18.4 Å². The lowest BCUT2D eigenvalue weighted by Crippen LogP contribution is -2.63. The Balaban J connectivity index is 2.21. The third kappa shape index (κ3) is 5.37. The molecule has 0 saturated carbocycles. The Labute approximate surface area is 161 Å². The molecule has 7 heteroatoms. The van der Waals surface area contributed by atoms with Crippen LogP contribution in [0, 0.1) is 0 Å². The highest BCUT2D eigenvalue weighted by atomic mass is 32.1. The van der Waals surface area contributed by atoms with Gasteiger partial charge in [-0.1, -0.05) is 0 Å². The molecule has 26 heavy (non-hydrogen) atoms. The lowest BCUT2D eigenvalue weighted by atomic mass is 9.91. The first-order chi connectivity index (χ1) is 12.1. The molecule has 0 aromatic carbocycles. The molecule has 2 heterocycles. The van der Waals surface area contributed by atoms with Crippen molar-refractivity contribution in [2.75, 3.05) is 13.1 Å². The van der Waals surface area contributed by atoms with Crippen LogP contribution in [0.1, 0.15) is 46.1 Å². The van der Waals surface area contributed by atoms with Crippen molar-refractivity contribution in [2.24, 2.45) is 0 Å². The van der Waals surface area contributed by atoms with Crippen molar-refractivity contribution < 1.29 is 14.3 Å². The number of nitrogens with zero attached hydrogens (tertiary/aromatic N) is 2. The summed E-state index contributed by atoms with van der Waals surface area (Å²) in [5.74, 6) is -0.116. The molecule has 1 fully saturated rings. The first-order valence-corrected chi connectivity index (χ1v) is 9.51.